The van der Waals surface area contributed by atoms with Crippen LogP contribution in [0.1, 0.15) is 23.2 Å². The average molecular weight is 221 g/mol. The Bertz CT molecular complexity index is 399. The van der Waals surface area contributed by atoms with Crippen molar-refractivity contribution in [3.63, 3.8) is 0 Å². The lowest BCUT2D eigenvalue weighted by Crippen LogP contribution is -2.08. The molecule has 0 bridgehead atoms. The second-order valence-electron chi connectivity index (χ2n) is 3.96. The first-order valence-corrected chi connectivity index (χ1v) is 5.32. The Hall–Kier alpha value is -1.71. The van der Waals surface area contributed by atoms with Gasteiger partial charge in [-0.05, 0) is 30.9 Å². The fourth-order valence-corrected chi connectivity index (χ4v) is 1.45. The summed E-state index contributed by atoms with van der Waals surface area (Å²) >= 11 is 0. The fourth-order valence-electron chi connectivity index (χ4n) is 1.45. The molecule has 0 aliphatic heterocycles. The van der Waals surface area contributed by atoms with Gasteiger partial charge in [-0.1, -0.05) is 6.07 Å². The number of carbonyl (C=O) groups is 1. The standard InChI is InChI=1S/C12H15NO3/c1-15-12(14)9-3-2-4-10(11(9)13)16-7-8-5-6-8/h2-4,8H,5-7,13H2,1H3. The van der Waals surface area contributed by atoms with Gasteiger partial charge in [-0.15, -0.1) is 0 Å². The molecule has 1 aromatic carbocycles. The monoisotopic (exact) mass is 221 g/mol. The topological polar surface area (TPSA) is 61.5 Å². The Morgan fingerprint density at radius 2 is 2.25 bits per heavy atom. The molecule has 1 aromatic rings. The molecule has 1 aliphatic rings. The van der Waals surface area contributed by atoms with E-state index in [2.05, 4.69) is 4.74 Å². The molecular weight excluding hydrogens is 206 g/mol. The van der Waals surface area contributed by atoms with Crippen molar-refractivity contribution in [2.45, 2.75) is 12.8 Å². The van der Waals surface area contributed by atoms with Gasteiger partial charge in [0, 0.05) is 0 Å². The van der Waals surface area contributed by atoms with Gasteiger partial charge in [0.15, 0.2) is 0 Å². The Morgan fingerprint density at radius 3 is 2.88 bits per heavy atom. The van der Waals surface area contributed by atoms with Crippen molar-refractivity contribution in [1.29, 1.82) is 0 Å². The lowest BCUT2D eigenvalue weighted by Gasteiger charge is -2.10. The van der Waals surface area contributed by atoms with E-state index < -0.39 is 5.97 Å². The van der Waals surface area contributed by atoms with Crippen molar-refractivity contribution >= 4 is 11.7 Å². The average Bonchev–Trinajstić information content (AvgIpc) is 3.10. The summed E-state index contributed by atoms with van der Waals surface area (Å²) in [5, 5.41) is 0. The number of carbonyl (C=O) groups excluding carboxylic acids is 1. The van der Waals surface area contributed by atoms with Gasteiger partial charge in [0.25, 0.3) is 0 Å². The number of nitrogens with two attached hydrogens (primary N) is 1. The molecule has 2 rings (SSSR count). The third-order valence-corrected chi connectivity index (χ3v) is 2.64. The van der Waals surface area contributed by atoms with Crippen LogP contribution in [0.4, 0.5) is 5.69 Å². The molecule has 1 aliphatic carbocycles. The summed E-state index contributed by atoms with van der Waals surface area (Å²) in [6, 6.07) is 5.14. The quantitative estimate of drug-likeness (QED) is 0.622. The van der Waals surface area contributed by atoms with E-state index in [1.165, 1.54) is 20.0 Å². The summed E-state index contributed by atoms with van der Waals surface area (Å²) in [5.74, 6) is 0.783. The van der Waals surface area contributed by atoms with Gasteiger partial charge in [0.1, 0.15) is 5.75 Å². The normalized spacial score (nSPS) is 14.6. The van der Waals surface area contributed by atoms with Crippen LogP contribution in [0.5, 0.6) is 5.75 Å². The molecule has 0 radical (unpaired) electrons. The number of nitrogen functional groups attached to an aromatic ring is 1. The number of benzene rings is 1. The van der Waals surface area contributed by atoms with Crippen LogP contribution in [-0.2, 0) is 4.74 Å². The molecule has 0 heterocycles. The van der Waals surface area contributed by atoms with Gasteiger partial charge in [-0.3, -0.25) is 0 Å². The minimum atomic E-state index is -0.436. The number of ether oxygens (including phenoxy) is 2. The van der Waals surface area contributed by atoms with Crippen molar-refractivity contribution in [3.8, 4) is 5.75 Å². The van der Waals surface area contributed by atoms with E-state index in [1.54, 1.807) is 18.2 Å². The zero-order valence-corrected chi connectivity index (χ0v) is 9.23. The minimum Gasteiger partial charge on any atom is -0.491 e. The van der Waals surface area contributed by atoms with E-state index in [0.717, 1.165) is 0 Å². The first-order valence-electron chi connectivity index (χ1n) is 5.32. The van der Waals surface area contributed by atoms with Crippen molar-refractivity contribution < 1.29 is 14.3 Å². The molecule has 1 fully saturated rings. The third kappa shape index (κ3) is 2.27. The molecule has 0 spiro atoms. The van der Waals surface area contributed by atoms with Gasteiger partial charge < -0.3 is 15.2 Å². The Balaban J connectivity index is 2.14. The fraction of sp³-hybridized carbons (Fsp3) is 0.417. The predicted octanol–water partition coefficient (Wildman–Crippen LogP) is 1.84. The lowest BCUT2D eigenvalue weighted by molar-refractivity contribution is 0.0601. The molecule has 4 heteroatoms. The van der Waals surface area contributed by atoms with Crippen molar-refractivity contribution in [2.75, 3.05) is 19.5 Å². The van der Waals surface area contributed by atoms with Gasteiger partial charge in [0.05, 0.1) is 25.0 Å². The summed E-state index contributed by atoms with van der Waals surface area (Å²) < 4.78 is 10.2. The maximum atomic E-state index is 11.4. The Morgan fingerprint density at radius 1 is 1.50 bits per heavy atom. The number of anilines is 1. The van der Waals surface area contributed by atoms with Gasteiger partial charge in [-0.25, -0.2) is 4.79 Å². The zero-order chi connectivity index (χ0) is 11.5. The highest BCUT2D eigenvalue weighted by Gasteiger charge is 2.22. The van der Waals surface area contributed by atoms with Crippen LogP contribution in [0.2, 0.25) is 0 Å². The third-order valence-electron chi connectivity index (χ3n) is 2.64. The molecule has 0 atom stereocenters. The van der Waals surface area contributed by atoms with Crippen molar-refractivity contribution in [1.82, 2.24) is 0 Å². The zero-order valence-electron chi connectivity index (χ0n) is 9.23. The van der Waals surface area contributed by atoms with Gasteiger partial charge in [0.2, 0.25) is 0 Å². The molecule has 0 unspecified atom stereocenters. The van der Waals surface area contributed by atoms with Crippen LogP contribution in [0.25, 0.3) is 0 Å². The molecule has 86 valence electrons. The lowest BCUT2D eigenvalue weighted by atomic mass is 10.1. The van der Waals surface area contributed by atoms with Gasteiger partial charge >= 0.3 is 5.97 Å². The molecule has 0 amide bonds. The largest absolute Gasteiger partial charge is 0.491 e. The number of rotatable bonds is 4. The Kier molecular flexibility index (Phi) is 2.99. The number of hydrogen-bond acceptors (Lipinski definition) is 4. The number of esters is 1. The summed E-state index contributed by atoms with van der Waals surface area (Å²) in [6.45, 7) is 0.675. The predicted molar refractivity (Wildman–Crippen MR) is 60.4 cm³/mol. The van der Waals surface area contributed by atoms with E-state index in [0.29, 0.717) is 29.5 Å². The van der Waals surface area contributed by atoms with Gasteiger partial charge in [-0.2, -0.15) is 0 Å². The van der Waals surface area contributed by atoms with E-state index in [-0.39, 0.29) is 0 Å². The smallest absolute Gasteiger partial charge is 0.340 e. The van der Waals surface area contributed by atoms with Crippen LogP contribution < -0.4 is 10.5 Å². The second kappa shape index (κ2) is 4.43. The van der Waals surface area contributed by atoms with Crippen molar-refractivity contribution in [3.05, 3.63) is 23.8 Å². The minimum absolute atomic E-state index is 0.356. The van der Waals surface area contributed by atoms with Crippen LogP contribution >= 0.6 is 0 Å². The van der Waals surface area contributed by atoms with Crippen LogP contribution in [0.15, 0.2) is 18.2 Å². The molecule has 4 nitrogen and oxygen atoms in total. The van der Waals surface area contributed by atoms with Crippen LogP contribution in [0, 0.1) is 5.92 Å². The van der Waals surface area contributed by atoms with Crippen molar-refractivity contribution in [2.24, 2.45) is 5.92 Å². The number of para-hydroxylation sites is 1. The van der Waals surface area contributed by atoms with Crippen LogP contribution in [0.3, 0.4) is 0 Å². The summed E-state index contributed by atoms with van der Waals surface area (Å²) in [7, 11) is 1.33. The molecular formula is C12H15NO3. The van der Waals surface area contributed by atoms with E-state index in [1.807, 2.05) is 0 Å². The summed E-state index contributed by atoms with van der Waals surface area (Å²) in [6.07, 6.45) is 2.44. The summed E-state index contributed by atoms with van der Waals surface area (Å²) in [5.41, 5.74) is 6.55. The first-order chi connectivity index (χ1) is 7.72. The van der Waals surface area contributed by atoms with E-state index in [4.69, 9.17) is 10.5 Å². The number of methoxy groups -OCH3 is 1. The maximum absolute atomic E-state index is 11.4. The highest BCUT2D eigenvalue weighted by atomic mass is 16.5. The van der Waals surface area contributed by atoms with E-state index in [9.17, 15) is 4.79 Å². The van der Waals surface area contributed by atoms with E-state index >= 15 is 0 Å². The Labute approximate surface area is 94.3 Å². The second-order valence-corrected chi connectivity index (χ2v) is 3.96. The molecule has 0 aromatic heterocycles. The SMILES string of the molecule is COC(=O)c1cccc(OCC2CC2)c1N. The highest BCUT2D eigenvalue weighted by Crippen LogP contribution is 2.32. The number of hydrogen-bond donors (Lipinski definition) is 1. The maximum Gasteiger partial charge on any atom is 0.340 e. The molecule has 0 saturated heterocycles. The highest BCUT2D eigenvalue weighted by molar-refractivity contribution is 5.96. The molecule has 16 heavy (non-hydrogen) atoms. The first kappa shape index (κ1) is 10.8. The molecule has 2 N–H and O–H groups in total. The summed E-state index contributed by atoms with van der Waals surface area (Å²) in [4.78, 5) is 11.4. The molecule has 1 saturated carbocycles. The van der Waals surface area contributed by atoms with Crippen LogP contribution in [-0.4, -0.2) is 19.7 Å².